The van der Waals surface area contributed by atoms with Crippen molar-refractivity contribution in [2.75, 3.05) is 12.3 Å². The van der Waals surface area contributed by atoms with E-state index in [1.54, 1.807) is 18.2 Å². The fourth-order valence-corrected chi connectivity index (χ4v) is 2.81. The van der Waals surface area contributed by atoms with Crippen molar-refractivity contribution >= 4 is 23.6 Å². The van der Waals surface area contributed by atoms with Crippen LogP contribution in [0.2, 0.25) is 0 Å². The first-order valence-electron chi connectivity index (χ1n) is 6.37. The zero-order chi connectivity index (χ0) is 13.8. The zero-order valence-corrected chi connectivity index (χ0v) is 11.7. The molecule has 1 N–H and O–H groups in total. The molecule has 5 heteroatoms. The summed E-state index contributed by atoms with van der Waals surface area (Å²) in [4.78, 5) is 25.6. The lowest BCUT2D eigenvalue weighted by atomic mass is 10.2. The van der Waals surface area contributed by atoms with E-state index in [0.717, 1.165) is 24.3 Å². The van der Waals surface area contributed by atoms with Gasteiger partial charge in [-0.2, -0.15) is 0 Å². The molecule has 0 atom stereocenters. The molecule has 19 heavy (non-hydrogen) atoms. The van der Waals surface area contributed by atoms with Crippen molar-refractivity contribution in [3.63, 3.8) is 0 Å². The lowest BCUT2D eigenvalue weighted by Crippen LogP contribution is -2.34. The van der Waals surface area contributed by atoms with E-state index in [4.69, 9.17) is 5.11 Å². The summed E-state index contributed by atoms with van der Waals surface area (Å²) in [6.45, 7) is 2.74. The smallest absolute Gasteiger partial charge is 0.335 e. The number of aromatic carboxylic acids is 1. The number of benzene rings is 1. The van der Waals surface area contributed by atoms with E-state index in [1.807, 2.05) is 17.9 Å². The Balaban J connectivity index is 1.92. The van der Waals surface area contributed by atoms with Crippen LogP contribution in [0.1, 0.15) is 30.1 Å². The topological polar surface area (TPSA) is 57.6 Å². The monoisotopic (exact) mass is 279 g/mol. The van der Waals surface area contributed by atoms with Gasteiger partial charge in [-0.1, -0.05) is 6.07 Å². The van der Waals surface area contributed by atoms with Gasteiger partial charge in [-0.3, -0.25) is 4.79 Å². The van der Waals surface area contributed by atoms with Crippen molar-refractivity contribution in [1.82, 2.24) is 4.90 Å². The molecule has 0 unspecified atom stereocenters. The molecule has 1 saturated carbocycles. The van der Waals surface area contributed by atoms with E-state index < -0.39 is 5.97 Å². The summed E-state index contributed by atoms with van der Waals surface area (Å²) in [5.41, 5.74) is 0.256. The summed E-state index contributed by atoms with van der Waals surface area (Å²) in [7, 11) is 0. The fraction of sp³-hybridized carbons (Fsp3) is 0.429. The number of rotatable bonds is 6. The Kier molecular flexibility index (Phi) is 4.47. The van der Waals surface area contributed by atoms with Crippen molar-refractivity contribution in [2.45, 2.75) is 30.7 Å². The van der Waals surface area contributed by atoms with E-state index in [9.17, 15) is 9.59 Å². The Morgan fingerprint density at radius 1 is 1.42 bits per heavy atom. The number of carboxylic acid groups (broad SMARTS) is 1. The Morgan fingerprint density at radius 2 is 2.16 bits per heavy atom. The van der Waals surface area contributed by atoms with Crippen LogP contribution in [-0.2, 0) is 4.79 Å². The largest absolute Gasteiger partial charge is 0.478 e. The van der Waals surface area contributed by atoms with E-state index in [1.165, 1.54) is 11.8 Å². The van der Waals surface area contributed by atoms with Crippen molar-refractivity contribution in [3.8, 4) is 0 Å². The first-order chi connectivity index (χ1) is 9.11. The molecule has 0 spiro atoms. The van der Waals surface area contributed by atoms with Crippen LogP contribution in [0.4, 0.5) is 0 Å². The Hall–Kier alpha value is -1.49. The summed E-state index contributed by atoms with van der Waals surface area (Å²) >= 11 is 1.39. The maximum Gasteiger partial charge on any atom is 0.335 e. The highest BCUT2D eigenvalue weighted by Gasteiger charge is 2.30. The first kappa shape index (κ1) is 13.9. The third-order valence-electron chi connectivity index (χ3n) is 3.09. The number of carboxylic acids is 1. The molecule has 1 aliphatic rings. The van der Waals surface area contributed by atoms with Gasteiger partial charge in [0.25, 0.3) is 0 Å². The van der Waals surface area contributed by atoms with Crippen LogP contribution < -0.4 is 0 Å². The predicted molar refractivity (Wildman–Crippen MR) is 74.5 cm³/mol. The van der Waals surface area contributed by atoms with Gasteiger partial charge in [0.05, 0.1) is 11.3 Å². The van der Waals surface area contributed by atoms with Gasteiger partial charge in [0.15, 0.2) is 0 Å². The molecule has 1 fully saturated rings. The van der Waals surface area contributed by atoms with Gasteiger partial charge in [0.2, 0.25) is 5.91 Å². The highest BCUT2D eigenvalue weighted by atomic mass is 32.2. The van der Waals surface area contributed by atoms with Crippen LogP contribution in [0.15, 0.2) is 29.2 Å². The van der Waals surface area contributed by atoms with Gasteiger partial charge >= 0.3 is 5.97 Å². The third kappa shape index (κ3) is 3.73. The van der Waals surface area contributed by atoms with Gasteiger partial charge in [0.1, 0.15) is 0 Å². The molecule has 1 amide bonds. The number of nitrogens with zero attached hydrogens (tertiary/aromatic N) is 1. The standard InChI is InChI=1S/C14H17NO3S/c1-2-15(11-6-7-11)13(16)9-19-12-5-3-4-10(8-12)14(17)18/h3-5,8,11H,2,6-7,9H2,1H3,(H,17,18). The van der Waals surface area contributed by atoms with Crippen molar-refractivity contribution in [3.05, 3.63) is 29.8 Å². The summed E-state index contributed by atoms with van der Waals surface area (Å²) in [5, 5.41) is 8.91. The van der Waals surface area contributed by atoms with E-state index in [0.29, 0.717) is 11.8 Å². The second-order valence-corrected chi connectivity index (χ2v) is 5.58. The van der Waals surface area contributed by atoms with E-state index in [2.05, 4.69) is 0 Å². The number of carbonyl (C=O) groups is 2. The van der Waals surface area contributed by atoms with E-state index in [-0.39, 0.29) is 11.5 Å². The zero-order valence-electron chi connectivity index (χ0n) is 10.8. The van der Waals surface area contributed by atoms with Crippen molar-refractivity contribution in [2.24, 2.45) is 0 Å². The lowest BCUT2D eigenvalue weighted by Gasteiger charge is -2.20. The maximum absolute atomic E-state index is 12.0. The molecular formula is C14H17NO3S. The lowest BCUT2D eigenvalue weighted by molar-refractivity contribution is -0.128. The third-order valence-corrected chi connectivity index (χ3v) is 4.07. The molecule has 1 aromatic carbocycles. The highest BCUT2D eigenvalue weighted by molar-refractivity contribution is 8.00. The number of carbonyl (C=O) groups excluding carboxylic acids is 1. The van der Waals surface area contributed by atoms with Gasteiger partial charge in [-0.15, -0.1) is 11.8 Å². The average Bonchev–Trinajstić information content (AvgIpc) is 3.22. The molecule has 2 rings (SSSR count). The quantitative estimate of drug-likeness (QED) is 0.813. The minimum absolute atomic E-state index is 0.135. The highest BCUT2D eigenvalue weighted by Crippen LogP contribution is 2.28. The molecular weight excluding hydrogens is 262 g/mol. The van der Waals surface area contributed by atoms with Crippen molar-refractivity contribution in [1.29, 1.82) is 0 Å². The second-order valence-electron chi connectivity index (χ2n) is 4.53. The summed E-state index contributed by atoms with van der Waals surface area (Å²) in [6.07, 6.45) is 2.22. The van der Waals surface area contributed by atoms with E-state index >= 15 is 0 Å². The van der Waals surface area contributed by atoms with Crippen LogP contribution in [0.3, 0.4) is 0 Å². The number of hydrogen-bond donors (Lipinski definition) is 1. The predicted octanol–water partition coefficient (Wildman–Crippen LogP) is 2.49. The first-order valence-corrected chi connectivity index (χ1v) is 7.36. The van der Waals surface area contributed by atoms with Gasteiger partial charge in [0, 0.05) is 17.5 Å². The normalized spacial score (nSPS) is 14.2. The van der Waals surface area contributed by atoms with Gasteiger partial charge in [-0.25, -0.2) is 4.79 Å². The minimum Gasteiger partial charge on any atom is -0.478 e. The van der Waals surface area contributed by atoms with Crippen LogP contribution in [0, 0.1) is 0 Å². The minimum atomic E-state index is -0.943. The summed E-state index contributed by atoms with van der Waals surface area (Å²) < 4.78 is 0. The van der Waals surface area contributed by atoms with Crippen LogP contribution in [-0.4, -0.2) is 40.2 Å². The van der Waals surface area contributed by atoms with Crippen molar-refractivity contribution < 1.29 is 14.7 Å². The molecule has 4 nitrogen and oxygen atoms in total. The average molecular weight is 279 g/mol. The van der Waals surface area contributed by atoms with Crippen LogP contribution in [0.25, 0.3) is 0 Å². The Morgan fingerprint density at radius 3 is 2.74 bits per heavy atom. The van der Waals surface area contributed by atoms with Crippen LogP contribution in [0.5, 0.6) is 0 Å². The molecule has 102 valence electrons. The Bertz CT molecular complexity index is 485. The molecule has 0 aliphatic heterocycles. The Labute approximate surface area is 116 Å². The van der Waals surface area contributed by atoms with Crippen LogP contribution >= 0.6 is 11.8 Å². The second kappa shape index (κ2) is 6.10. The summed E-state index contributed by atoms with van der Waals surface area (Å²) in [5.74, 6) is -0.439. The maximum atomic E-state index is 12.0. The molecule has 0 heterocycles. The fourth-order valence-electron chi connectivity index (χ4n) is 1.97. The number of hydrogen-bond acceptors (Lipinski definition) is 3. The SMILES string of the molecule is CCN(C(=O)CSc1cccc(C(=O)O)c1)C1CC1. The number of amides is 1. The molecule has 0 saturated heterocycles. The van der Waals surface area contributed by atoms with Gasteiger partial charge < -0.3 is 10.0 Å². The molecule has 1 aromatic rings. The summed E-state index contributed by atoms with van der Waals surface area (Å²) in [6, 6.07) is 7.13. The van der Waals surface area contributed by atoms with Gasteiger partial charge in [-0.05, 0) is 38.0 Å². The molecule has 0 bridgehead atoms. The molecule has 0 aromatic heterocycles. The molecule has 0 radical (unpaired) electrons. The molecule has 1 aliphatic carbocycles. The number of thioether (sulfide) groups is 1.